The highest BCUT2D eigenvalue weighted by molar-refractivity contribution is 5.94. The third-order valence-electron chi connectivity index (χ3n) is 2.86. The van der Waals surface area contributed by atoms with Crippen molar-refractivity contribution in [2.24, 2.45) is 11.1 Å². The fourth-order valence-corrected chi connectivity index (χ4v) is 1.65. The van der Waals surface area contributed by atoms with E-state index >= 15 is 0 Å². The first kappa shape index (κ1) is 24.2. The molecule has 1 aromatic carbocycles. The summed E-state index contributed by atoms with van der Waals surface area (Å²) >= 11 is 0. The largest absolute Gasteiger partial charge is 0.491 e. The molecule has 0 saturated carbocycles. The second-order valence-electron chi connectivity index (χ2n) is 6.70. The molecule has 0 atom stereocenters. The van der Waals surface area contributed by atoms with Crippen molar-refractivity contribution in [2.45, 2.75) is 60.2 Å². The van der Waals surface area contributed by atoms with E-state index in [9.17, 15) is 0 Å². The SMILES string of the molecule is CC(C)CCO.CC1(C)ON=C(c2ccc(OCCO)cc2)O1.CCC. The van der Waals surface area contributed by atoms with E-state index in [1.165, 1.54) is 6.42 Å². The smallest absolute Gasteiger partial charge is 0.271 e. The average molecular weight is 370 g/mol. The predicted molar refractivity (Wildman–Crippen MR) is 104 cm³/mol. The molecule has 1 aliphatic heterocycles. The molecule has 0 spiro atoms. The molecule has 150 valence electrons. The van der Waals surface area contributed by atoms with E-state index in [1.54, 1.807) is 26.0 Å². The molecular formula is C20H35NO5. The van der Waals surface area contributed by atoms with E-state index in [-0.39, 0.29) is 13.2 Å². The first-order valence-corrected chi connectivity index (χ1v) is 9.19. The quantitative estimate of drug-likeness (QED) is 0.794. The molecule has 1 aromatic rings. The van der Waals surface area contributed by atoms with Crippen LogP contribution in [0.3, 0.4) is 0 Å². The van der Waals surface area contributed by atoms with Crippen molar-refractivity contribution in [3.8, 4) is 5.75 Å². The molecule has 0 bridgehead atoms. The van der Waals surface area contributed by atoms with E-state index in [2.05, 4.69) is 32.9 Å². The number of aliphatic hydroxyl groups is 2. The minimum absolute atomic E-state index is 0.000397. The van der Waals surface area contributed by atoms with Gasteiger partial charge in [-0.2, -0.15) is 0 Å². The van der Waals surface area contributed by atoms with Crippen molar-refractivity contribution in [1.29, 1.82) is 0 Å². The van der Waals surface area contributed by atoms with Gasteiger partial charge >= 0.3 is 0 Å². The Labute approximate surface area is 157 Å². The van der Waals surface area contributed by atoms with Gasteiger partial charge in [-0.1, -0.05) is 34.1 Å². The van der Waals surface area contributed by atoms with Crippen molar-refractivity contribution in [3.05, 3.63) is 29.8 Å². The summed E-state index contributed by atoms with van der Waals surface area (Å²) in [6.45, 7) is 12.6. The summed E-state index contributed by atoms with van der Waals surface area (Å²) in [6.07, 6.45) is 2.18. The zero-order valence-electron chi connectivity index (χ0n) is 17.0. The van der Waals surface area contributed by atoms with Crippen molar-refractivity contribution in [1.82, 2.24) is 0 Å². The predicted octanol–water partition coefficient (Wildman–Crippen LogP) is 3.94. The summed E-state index contributed by atoms with van der Waals surface area (Å²) in [5.74, 6) is 1.10. The molecule has 0 unspecified atom stereocenters. The first-order valence-electron chi connectivity index (χ1n) is 9.19. The van der Waals surface area contributed by atoms with Gasteiger partial charge in [-0.15, -0.1) is 0 Å². The van der Waals surface area contributed by atoms with Crippen LogP contribution in [0.4, 0.5) is 0 Å². The Morgan fingerprint density at radius 2 is 1.65 bits per heavy atom. The summed E-state index contributed by atoms with van der Waals surface area (Å²) < 4.78 is 10.8. The Hall–Kier alpha value is -1.79. The molecule has 0 saturated heterocycles. The molecule has 0 fully saturated rings. The highest BCUT2D eigenvalue weighted by Gasteiger charge is 2.30. The molecule has 0 radical (unpaired) electrons. The van der Waals surface area contributed by atoms with Crippen molar-refractivity contribution < 1.29 is 24.5 Å². The lowest BCUT2D eigenvalue weighted by atomic mass is 10.2. The van der Waals surface area contributed by atoms with Crippen LogP contribution < -0.4 is 4.74 Å². The number of hydrogen-bond donors (Lipinski definition) is 2. The molecular weight excluding hydrogens is 334 g/mol. The van der Waals surface area contributed by atoms with Gasteiger partial charge < -0.3 is 24.5 Å². The molecule has 0 amide bonds. The van der Waals surface area contributed by atoms with Gasteiger partial charge in [0.1, 0.15) is 12.4 Å². The van der Waals surface area contributed by atoms with Crippen LogP contribution >= 0.6 is 0 Å². The monoisotopic (exact) mass is 369 g/mol. The molecule has 2 N–H and O–H groups in total. The zero-order chi connectivity index (χ0) is 20.0. The molecule has 1 heterocycles. The summed E-state index contributed by atoms with van der Waals surface area (Å²) in [7, 11) is 0. The minimum Gasteiger partial charge on any atom is -0.491 e. The van der Waals surface area contributed by atoms with Gasteiger partial charge in [0.25, 0.3) is 11.7 Å². The molecule has 0 aromatic heterocycles. The fourth-order valence-electron chi connectivity index (χ4n) is 1.65. The molecule has 1 aliphatic rings. The highest BCUT2D eigenvalue weighted by Crippen LogP contribution is 2.23. The summed E-state index contributed by atoms with van der Waals surface area (Å²) in [5, 5.41) is 20.7. The molecule has 6 nitrogen and oxygen atoms in total. The maximum Gasteiger partial charge on any atom is 0.271 e. The van der Waals surface area contributed by atoms with Crippen molar-refractivity contribution in [3.63, 3.8) is 0 Å². The summed E-state index contributed by atoms with van der Waals surface area (Å²) in [6, 6.07) is 7.25. The normalized spacial score (nSPS) is 14.1. The number of hydrogen-bond acceptors (Lipinski definition) is 6. The lowest BCUT2D eigenvalue weighted by molar-refractivity contribution is -0.128. The highest BCUT2D eigenvalue weighted by atomic mass is 16.8. The van der Waals surface area contributed by atoms with Crippen LogP contribution in [0.2, 0.25) is 0 Å². The standard InChI is InChI=1S/C12H15NO4.C5H12O.C3H8/c1-12(2)16-11(13-17-12)9-3-5-10(6-4-9)15-8-7-14;1-5(2)3-4-6;1-3-2/h3-6,14H,7-8H2,1-2H3;5-6H,3-4H2,1-2H3;3H2,1-2H3. The maximum atomic E-state index is 8.63. The molecule has 6 heteroatoms. The van der Waals surface area contributed by atoms with Crippen LogP contribution in [0.25, 0.3) is 0 Å². The number of benzene rings is 1. The average Bonchev–Trinajstić information content (AvgIpc) is 2.94. The van der Waals surface area contributed by atoms with Gasteiger partial charge in [-0.05, 0) is 41.8 Å². The van der Waals surface area contributed by atoms with E-state index in [0.717, 1.165) is 12.0 Å². The number of oxime groups is 1. The summed E-state index contributed by atoms with van der Waals surface area (Å²) in [4.78, 5) is 5.10. The zero-order valence-corrected chi connectivity index (χ0v) is 17.0. The lowest BCUT2D eigenvalue weighted by Crippen LogP contribution is -2.22. The third-order valence-corrected chi connectivity index (χ3v) is 2.86. The van der Waals surface area contributed by atoms with Crippen LogP contribution in [0.1, 0.15) is 59.9 Å². The van der Waals surface area contributed by atoms with Crippen molar-refractivity contribution >= 4 is 5.90 Å². The Bertz CT molecular complexity index is 497. The number of nitrogens with zero attached hydrogens (tertiary/aromatic N) is 1. The van der Waals surface area contributed by atoms with E-state index in [0.29, 0.717) is 24.2 Å². The van der Waals surface area contributed by atoms with E-state index in [4.69, 9.17) is 24.5 Å². The van der Waals surface area contributed by atoms with Crippen LogP contribution in [0, 0.1) is 5.92 Å². The third kappa shape index (κ3) is 10.9. The van der Waals surface area contributed by atoms with E-state index < -0.39 is 5.79 Å². The molecule has 26 heavy (non-hydrogen) atoms. The van der Waals surface area contributed by atoms with E-state index in [1.807, 2.05) is 12.1 Å². The Morgan fingerprint density at radius 1 is 1.08 bits per heavy atom. The number of ether oxygens (including phenoxy) is 2. The van der Waals surface area contributed by atoms with Gasteiger partial charge in [0, 0.05) is 26.0 Å². The van der Waals surface area contributed by atoms with Gasteiger partial charge in [0.2, 0.25) is 0 Å². The van der Waals surface area contributed by atoms with Crippen LogP contribution in [0.5, 0.6) is 5.75 Å². The van der Waals surface area contributed by atoms with Crippen LogP contribution in [-0.4, -0.2) is 41.7 Å². The minimum atomic E-state index is -0.707. The molecule has 2 rings (SSSR count). The number of aliphatic hydroxyl groups excluding tert-OH is 2. The fraction of sp³-hybridized carbons (Fsp3) is 0.650. The topological polar surface area (TPSA) is 80.5 Å². The lowest BCUT2D eigenvalue weighted by Gasteiger charge is -2.14. The Kier molecular flexibility index (Phi) is 12.5. The molecule has 0 aliphatic carbocycles. The second kappa shape index (κ2) is 13.4. The van der Waals surface area contributed by atoms with Crippen LogP contribution in [-0.2, 0) is 9.57 Å². The van der Waals surface area contributed by atoms with Gasteiger partial charge in [-0.3, -0.25) is 0 Å². The Balaban J connectivity index is 0.000000584. The van der Waals surface area contributed by atoms with Gasteiger partial charge in [-0.25, -0.2) is 0 Å². The van der Waals surface area contributed by atoms with Crippen LogP contribution in [0.15, 0.2) is 29.4 Å². The number of rotatable bonds is 6. The van der Waals surface area contributed by atoms with Crippen molar-refractivity contribution in [2.75, 3.05) is 19.8 Å². The van der Waals surface area contributed by atoms with Gasteiger partial charge in [0.05, 0.1) is 6.61 Å². The first-order chi connectivity index (χ1) is 12.3. The maximum absolute atomic E-state index is 8.63. The van der Waals surface area contributed by atoms with Gasteiger partial charge in [0.15, 0.2) is 0 Å². The summed E-state index contributed by atoms with van der Waals surface area (Å²) in [5.41, 5.74) is 0.826. The second-order valence-corrected chi connectivity index (χ2v) is 6.70. The Morgan fingerprint density at radius 3 is 2.00 bits per heavy atom.